The second-order valence-electron chi connectivity index (χ2n) is 6.17. The Kier molecular flexibility index (Phi) is 6.45. The zero-order valence-corrected chi connectivity index (χ0v) is 12.4. The first-order valence-corrected chi connectivity index (χ1v) is 7.09. The van der Waals surface area contributed by atoms with Crippen LogP contribution in [0.5, 0.6) is 0 Å². The third-order valence-electron chi connectivity index (χ3n) is 4.02. The van der Waals surface area contributed by atoms with Gasteiger partial charge in [-0.1, -0.05) is 13.8 Å². The summed E-state index contributed by atoms with van der Waals surface area (Å²) in [6, 6.07) is 0.626. The van der Waals surface area contributed by atoms with Crippen molar-refractivity contribution in [2.75, 3.05) is 46.8 Å². The summed E-state index contributed by atoms with van der Waals surface area (Å²) in [4.78, 5) is 4.92. The Labute approximate surface area is 108 Å². The molecule has 0 saturated carbocycles. The molecule has 1 rings (SSSR count). The molecule has 0 bridgehead atoms. The van der Waals surface area contributed by atoms with Gasteiger partial charge in [-0.05, 0) is 45.8 Å². The molecule has 0 radical (unpaired) electrons. The van der Waals surface area contributed by atoms with E-state index in [-0.39, 0.29) is 0 Å². The van der Waals surface area contributed by atoms with E-state index in [1.54, 1.807) is 0 Å². The minimum absolute atomic E-state index is 0.626. The molecule has 17 heavy (non-hydrogen) atoms. The molecule has 1 fully saturated rings. The quantitative estimate of drug-likeness (QED) is 0.729. The molecule has 0 aromatic heterocycles. The summed E-state index contributed by atoms with van der Waals surface area (Å²) in [5, 5.41) is 3.59. The fourth-order valence-electron chi connectivity index (χ4n) is 2.43. The number of hydrogen-bond donors (Lipinski definition) is 1. The first-order chi connectivity index (χ1) is 7.99. The van der Waals surface area contributed by atoms with Gasteiger partial charge in [0.15, 0.2) is 0 Å². The van der Waals surface area contributed by atoms with Crippen molar-refractivity contribution in [3.05, 3.63) is 0 Å². The van der Waals surface area contributed by atoms with Crippen molar-refractivity contribution in [2.45, 2.75) is 33.2 Å². The summed E-state index contributed by atoms with van der Waals surface area (Å²) >= 11 is 0. The van der Waals surface area contributed by atoms with E-state index < -0.39 is 0 Å². The van der Waals surface area contributed by atoms with Gasteiger partial charge < -0.3 is 15.1 Å². The second-order valence-corrected chi connectivity index (χ2v) is 6.17. The first-order valence-electron chi connectivity index (χ1n) is 7.09. The lowest BCUT2D eigenvalue weighted by atomic mass is 10.1. The van der Waals surface area contributed by atoms with Crippen molar-refractivity contribution in [1.29, 1.82) is 0 Å². The lowest BCUT2D eigenvalue weighted by molar-refractivity contribution is 0.266. The van der Waals surface area contributed by atoms with Gasteiger partial charge in [0.05, 0.1) is 0 Å². The molecule has 102 valence electrons. The molecule has 0 aromatic carbocycles. The normalized spacial score (nSPS) is 23.8. The van der Waals surface area contributed by atoms with Crippen LogP contribution in [-0.4, -0.2) is 62.7 Å². The Hall–Kier alpha value is -0.120. The Bertz CT molecular complexity index is 206. The molecule has 0 aliphatic carbocycles. The van der Waals surface area contributed by atoms with Crippen LogP contribution in [0.2, 0.25) is 0 Å². The van der Waals surface area contributed by atoms with Gasteiger partial charge >= 0.3 is 0 Å². The molecular formula is C14H31N3. The van der Waals surface area contributed by atoms with Crippen LogP contribution >= 0.6 is 0 Å². The zero-order chi connectivity index (χ0) is 12.8. The number of likely N-dealkylation sites (tertiary alicyclic amines) is 1. The molecule has 3 nitrogen and oxygen atoms in total. The van der Waals surface area contributed by atoms with Gasteiger partial charge in [-0.25, -0.2) is 0 Å². The number of nitrogens with zero attached hydrogens (tertiary/aromatic N) is 2. The van der Waals surface area contributed by atoms with Gasteiger partial charge in [-0.15, -0.1) is 0 Å². The van der Waals surface area contributed by atoms with Crippen LogP contribution in [0, 0.1) is 11.8 Å². The zero-order valence-electron chi connectivity index (χ0n) is 12.4. The minimum Gasteiger partial charge on any atom is -0.313 e. The summed E-state index contributed by atoms with van der Waals surface area (Å²) in [5.74, 6) is 1.61. The molecule has 1 saturated heterocycles. The van der Waals surface area contributed by atoms with Crippen LogP contribution < -0.4 is 5.32 Å². The smallest absolute Gasteiger partial charge is 0.0104 e. The Morgan fingerprint density at radius 1 is 1.35 bits per heavy atom. The van der Waals surface area contributed by atoms with E-state index in [9.17, 15) is 0 Å². The van der Waals surface area contributed by atoms with Crippen molar-refractivity contribution >= 4 is 0 Å². The predicted octanol–water partition coefficient (Wildman–Crippen LogP) is 1.50. The molecule has 0 amide bonds. The maximum atomic E-state index is 3.59. The number of rotatable bonds is 7. The van der Waals surface area contributed by atoms with Gasteiger partial charge in [0.2, 0.25) is 0 Å². The van der Waals surface area contributed by atoms with Gasteiger partial charge in [0.1, 0.15) is 0 Å². The van der Waals surface area contributed by atoms with E-state index >= 15 is 0 Å². The standard InChI is InChI=1S/C14H31N3/c1-12(2)13(3)15-7-9-17(5)11-14-6-8-16(4)10-14/h12-15H,6-11H2,1-5H3. The van der Waals surface area contributed by atoms with Crippen LogP contribution in [0.4, 0.5) is 0 Å². The van der Waals surface area contributed by atoms with Crippen molar-refractivity contribution in [2.24, 2.45) is 11.8 Å². The maximum absolute atomic E-state index is 3.59. The van der Waals surface area contributed by atoms with Crippen LogP contribution in [0.25, 0.3) is 0 Å². The number of nitrogens with one attached hydrogen (secondary N) is 1. The molecular weight excluding hydrogens is 210 g/mol. The Morgan fingerprint density at radius 2 is 2.06 bits per heavy atom. The number of likely N-dealkylation sites (N-methyl/N-ethyl adjacent to an activating group) is 1. The highest BCUT2D eigenvalue weighted by atomic mass is 15.2. The van der Waals surface area contributed by atoms with Gasteiger partial charge in [-0.2, -0.15) is 0 Å². The maximum Gasteiger partial charge on any atom is 0.0104 e. The lowest BCUT2D eigenvalue weighted by Crippen LogP contribution is -2.38. The monoisotopic (exact) mass is 241 g/mol. The third kappa shape index (κ3) is 5.84. The van der Waals surface area contributed by atoms with Crippen molar-refractivity contribution in [3.8, 4) is 0 Å². The molecule has 1 heterocycles. The third-order valence-corrected chi connectivity index (χ3v) is 4.02. The van der Waals surface area contributed by atoms with Crippen LogP contribution in [0.3, 0.4) is 0 Å². The minimum atomic E-state index is 0.626. The van der Waals surface area contributed by atoms with E-state index in [1.165, 1.54) is 26.1 Å². The fourth-order valence-corrected chi connectivity index (χ4v) is 2.43. The van der Waals surface area contributed by atoms with E-state index in [1.807, 2.05) is 0 Å². The summed E-state index contributed by atoms with van der Waals surface area (Å²) in [6.45, 7) is 12.9. The first kappa shape index (κ1) is 14.9. The summed E-state index contributed by atoms with van der Waals surface area (Å²) < 4.78 is 0. The highest BCUT2D eigenvalue weighted by molar-refractivity contribution is 4.75. The van der Waals surface area contributed by atoms with Crippen LogP contribution in [0.15, 0.2) is 0 Å². The average molecular weight is 241 g/mol. The summed E-state index contributed by atoms with van der Waals surface area (Å²) in [6.07, 6.45) is 1.37. The van der Waals surface area contributed by atoms with Crippen molar-refractivity contribution < 1.29 is 0 Å². The average Bonchev–Trinajstić information content (AvgIpc) is 2.63. The molecule has 0 aromatic rings. The van der Waals surface area contributed by atoms with Gasteiger partial charge in [0, 0.05) is 32.2 Å². The summed E-state index contributed by atoms with van der Waals surface area (Å²) in [5.41, 5.74) is 0. The Balaban J connectivity index is 2.07. The highest BCUT2D eigenvalue weighted by Gasteiger charge is 2.20. The van der Waals surface area contributed by atoms with Crippen LogP contribution in [0.1, 0.15) is 27.2 Å². The van der Waals surface area contributed by atoms with E-state index in [0.29, 0.717) is 6.04 Å². The van der Waals surface area contributed by atoms with Crippen LogP contribution in [-0.2, 0) is 0 Å². The molecule has 1 aliphatic rings. The summed E-state index contributed by atoms with van der Waals surface area (Å²) in [7, 11) is 4.48. The molecule has 1 aliphatic heterocycles. The predicted molar refractivity (Wildman–Crippen MR) is 75.4 cm³/mol. The largest absolute Gasteiger partial charge is 0.313 e. The Morgan fingerprint density at radius 3 is 2.59 bits per heavy atom. The SMILES string of the molecule is CC(C)C(C)NCCN(C)CC1CCN(C)C1. The number of hydrogen-bond acceptors (Lipinski definition) is 3. The van der Waals surface area contributed by atoms with Gasteiger partial charge in [-0.3, -0.25) is 0 Å². The van der Waals surface area contributed by atoms with E-state index in [0.717, 1.165) is 24.9 Å². The second kappa shape index (κ2) is 7.34. The lowest BCUT2D eigenvalue weighted by Gasteiger charge is -2.23. The van der Waals surface area contributed by atoms with Crippen molar-refractivity contribution in [3.63, 3.8) is 0 Å². The molecule has 1 N–H and O–H groups in total. The fraction of sp³-hybridized carbons (Fsp3) is 1.00. The van der Waals surface area contributed by atoms with E-state index in [2.05, 4.69) is 50.0 Å². The molecule has 2 unspecified atom stereocenters. The molecule has 2 atom stereocenters. The molecule has 0 spiro atoms. The van der Waals surface area contributed by atoms with Crippen molar-refractivity contribution in [1.82, 2.24) is 15.1 Å². The molecule has 3 heteroatoms. The topological polar surface area (TPSA) is 18.5 Å². The van der Waals surface area contributed by atoms with Gasteiger partial charge in [0.25, 0.3) is 0 Å². The highest BCUT2D eigenvalue weighted by Crippen LogP contribution is 2.14. The van der Waals surface area contributed by atoms with E-state index in [4.69, 9.17) is 0 Å².